The molecule has 6 nitrogen and oxygen atoms in total. The molecule has 0 bridgehead atoms. The predicted molar refractivity (Wildman–Crippen MR) is 105 cm³/mol. The van der Waals surface area contributed by atoms with Gasteiger partial charge in [0.25, 0.3) is 5.91 Å². The van der Waals surface area contributed by atoms with Gasteiger partial charge in [0.1, 0.15) is 5.60 Å². The van der Waals surface area contributed by atoms with Gasteiger partial charge in [0.05, 0.1) is 0 Å². The van der Waals surface area contributed by atoms with Gasteiger partial charge in [-0.2, -0.15) is 0 Å². The second kappa shape index (κ2) is 7.28. The van der Waals surface area contributed by atoms with Crippen LogP contribution in [0.5, 0.6) is 0 Å². The van der Waals surface area contributed by atoms with E-state index < -0.39 is 5.60 Å². The Morgan fingerprint density at radius 2 is 1.46 bits per heavy atom. The number of hydrogen-bond acceptors (Lipinski definition) is 4. The maximum absolute atomic E-state index is 13.0. The molecule has 0 aromatic carbocycles. The first-order chi connectivity index (χ1) is 13.5. The number of hydrogen-bond donors (Lipinski definition) is 2. The number of amides is 2. The zero-order chi connectivity index (χ0) is 19.3. The van der Waals surface area contributed by atoms with E-state index in [1.165, 1.54) is 38.6 Å². The minimum Gasteiger partial charge on any atom is -0.380 e. The molecule has 2 N–H and O–H groups in total. The lowest BCUT2D eigenvalue weighted by Crippen LogP contribution is -2.54. The SMILES string of the molecule is O=C(C1CCC(C2CCC3CCNC32)CC1)N1CCN(C(=O)C2(O)CC2)CC1. The summed E-state index contributed by atoms with van der Waals surface area (Å²) in [7, 11) is 0. The summed E-state index contributed by atoms with van der Waals surface area (Å²) in [5, 5.41) is 13.8. The van der Waals surface area contributed by atoms with Crippen LogP contribution < -0.4 is 5.32 Å². The van der Waals surface area contributed by atoms with E-state index in [0.29, 0.717) is 44.9 Å². The summed E-state index contributed by atoms with van der Waals surface area (Å²) in [5.74, 6) is 2.91. The molecule has 0 aromatic rings. The first-order valence-corrected chi connectivity index (χ1v) is 11.6. The predicted octanol–water partition coefficient (Wildman–Crippen LogP) is 1.38. The van der Waals surface area contributed by atoms with Crippen molar-refractivity contribution in [3.8, 4) is 0 Å². The van der Waals surface area contributed by atoms with Crippen molar-refractivity contribution in [2.45, 2.75) is 69.4 Å². The molecule has 156 valence electrons. The van der Waals surface area contributed by atoms with Gasteiger partial charge < -0.3 is 20.2 Å². The molecule has 3 saturated carbocycles. The summed E-state index contributed by atoms with van der Waals surface area (Å²) in [4.78, 5) is 29.0. The fourth-order valence-electron chi connectivity index (χ4n) is 6.53. The summed E-state index contributed by atoms with van der Waals surface area (Å²) in [5.41, 5.74) is -1.09. The quantitative estimate of drug-likeness (QED) is 0.765. The summed E-state index contributed by atoms with van der Waals surface area (Å²) in [6, 6.07) is 0.754. The third-order valence-corrected chi connectivity index (χ3v) is 8.46. The minimum atomic E-state index is -1.09. The van der Waals surface area contributed by atoms with E-state index in [1.54, 1.807) is 4.90 Å². The Morgan fingerprint density at radius 3 is 2.14 bits per heavy atom. The second-order valence-electron chi connectivity index (χ2n) is 10.0. The zero-order valence-electron chi connectivity index (χ0n) is 16.9. The van der Waals surface area contributed by atoms with Crippen LogP contribution in [0.4, 0.5) is 0 Å². The van der Waals surface area contributed by atoms with Crippen molar-refractivity contribution < 1.29 is 14.7 Å². The molecule has 5 aliphatic rings. The number of carbonyl (C=O) groups excluding carboxylic acids is 2. The summed E-state index contributed by atoms with van der Waals surface area (Å²) in [6.07, 6.45) is 9.81. The Balaban J connectivity index is 1.09. The molecule has 2 saturated heterocycles. The lowest BCUT2D eigenvalue weighted by atomic mass is 9.73. The molecule has 0 spiro atoms. The molecule has 5 rings (SSSR count). The number of nitrogens with one attached hydrogen (secondary N) is 1. The summed E-state index contributed by atoms with van der Waals surface area (Å²) >= 11 is 0. The standard InChI is InChI=1S/C22H35N3O3/c26-20(24-11-13-25(14-12-24)21(27)22(28)8-9-22)17-3-1-15(2-4-17)18-6-5-16-7-10-23-19(16)18/h15-19,23,28H,1-14H2. The van der Waals surface area contributed by atoms with Crippen molar-refractivity contribution >= 4 is 11.8 Å². The third-order valence-electron chi connectivity index (χ3n) is 8.46. The van der Waals surface area contributed by atoms with Gasteiger partial charge in [0.2, 0.25) is 5.91 Å². The van der Waals surface area contributed by atoms with Gasteiger partial charge in [0.15, 0.2) is 0 Å². The van der Waals surface area contributed by atoms with Gasteiger partial charge in [0, 0.05) is 38.1 Å². The molecule has 6 heteroatoms. The van der Waals surface area contributed by atoms with E-state index in [9.17, 15) is 14.7 Å². The van der Waals surface area contributed by atoms with Crippen LogP contribution in [0.25, 0.3) is 0 Å². The van der Waals surface area contributed by atoms with Crippen LogP contribution in [-0.2, 0) is 9.59 Å². The highest BCUT2D eigenvalue weighted by molar-refractivity contribution is 5.88. The topological polar surface area (TPSA) is 72.9 Å². The molecule has 2 amide bonds. The number of nitrogens with zero attached hydrogens (tertiary/aromatic N) is 2. The van der Waals surface area contributed by atoms with E-state index in [-0.39, 0.29) is 11.8 Å². The molecule has 2 aliphatic heterocycles. The van der Waals surface area contributed by atoms with Crippen molar-refractivity contribution in [1.82, 2.24) is 15.1 Å². The van der Waals surface area contributed by atoms with Gasteiger partial charge in [-0.25, -0.2) is 0 Å². The Hall–Kier alpha value is -1.14. The third kappa shape index (κ3) is 3.36. The van der Waals surface area contributed by atoms with Crippen molar-refractivity contribution in [2.75, 3.05) is 32.7 Å². The van der Waals surface area contributed by atoms with E-state index in [1.807, 2.05) is 4.90 Å². The fourth-order valence-corrected chi connectivity index (χ4v) is 6.53. The van der Waals surface area contributed by atoms with Gasteiger partial charge in [-0.05, 0) is 82.1 Å². The number of fused-ring (bicyclic) bond motifs is 1. The minimum absolute atomic E-state index is 0.129. The van der Waals surface area contributed by atoms with E-state index in [4.69, 9.17) is 0 Å². The molecular weight excluding hydrogens is 354 g/mol. The molecule has 3 atom stereocenters. The van der Waals surface area contributed by atoms with Crippen LogP contribution in [0.3, 0.4) is 0 Å². The van der Waals surface area contributed by atoms with Crippen molar-refractivity contribution in [1.29, 1.82) is 0 Å². The van der Waals surface area contributed by atoms with Crippen LogP contribution in [0.2, 0.25) is 0 Å². The largest absolute Gasteiger partial charge is 0.380 e. The van der Waals surface area contributed by atoms with Gasteiger partial charge in [-0.15, -0.1) is 0 Å². The van der Waals surface area contributed by atoms with Crippen LogP contribution >= 0.6 is 0 Å². The molecule has 0 aromatic heterocycles. The summed E-state index contributed by atoms with van der Waals surface area (Å²) in [6.45, 7) is 3.58. The lowest BCUT2D eigenvalue weighted by molar-refractivity contribution is -0.148. The van der Waals surface area contributed by atoms with Gasteiger partial charge >= 0.3 is 0 Å². The lowest BCUT2D eigenvalue weighted by Gasteiger charge is -2.39. The second-order valence-corrected chi connectivity index (χ2v) is 10.0. The summed E-state index contributed by atoms with van der Waals surface area (Å²) < 4.78 is 0. The molecule has 2 heterocycles. The maximum atomic E-state index is 13.0. The van der Waals surface area contributed by atoms with Gasteiger partial charge in [-0.3, -0.25) is 9.59 Å². The van der Waals surface area contributed by atoms with Crippen LogP contribution in [-0.4, -0.2) is 71.1 Å². The Bertz CT molecular complexity index is 619. The molecule has 5 fully saturated rings. The maximum Gasteiger partial charge on any atom is 0.254 e. The average molecular weight is 390 g/mol. The zero-order valence-corrected chi connectivity index (χ0v) is 16.9. The van der Waals surface area contributed by atoms with E-state index >= 15 is 0 Å². The highest BCUT2D eigenvalue weighted by atomic mass is 16.3. The normalized spacial score (nSPS) is 39.7. The Labute approximate surface area is 168 Å². The highest BCUT2D eigenvalue weighted by Gasteiger charge is 2.50. The Morgan fingerprint density at radius 1 is 0.821 bits per heavy atom. The van der Waals surface area contributed by atoms with Gasteiger partial charge in [-0.1, -0.05) is 0 Å². The average Bonchev–Trinajstić information content (AvgIpc) is 3.14. The molecule has 3 aliphatic carbocycles. The van der Waals surface area contributed by atoms with Crippen molar-refractivity contribution in [3.05, 3.63) is 0 Å². The Kier molecular flexibility index (Phi) is 4.90. The van der Waals surface area contributed by atoms with Crippen LogP contribution in [0, 0.1) is 23.7 Å². The number of aliphatic hydroxyl groups is 1. The smallest absolute Gasteiger partial charge is 0.254 e. The van der Waals surface area contributed by atoms with Crippen LogP contribution in [0.15, 0.2) is 0 Å². The number of piperazine rings is 1. The molecular formula is C22H35N3O3. The van der Waals surface area contributed by atoms with E-state index in [0.717, 1.165) is 36.6 Å². The molecule has 3 unspecified atom stereocenters. The van der Waals surface area contributed by atoms with Crippen LogP contribution in [0.1, 0.15) is 57.8 Å². The highest BCUT2D eigenvalue weighted by Crippen LogP contribution is 2.46. The van der Waals surface area contributed by atoms with Crippen molar-refractivity contribution in [3.63, 3.8) is 0 Å². The molecule has 28 heavy (non-hydrogen) atoms. The number of rotatable bonds is 3. The monoisotopic (exact) mass is 389 g/mol. The first kappa shape index (κ1) is 18.9. The first-order valence-electron chi connectivity index (χ1n) is 11.6. The fraction of sp³-hybridized carbons (Fsp3) is 0.909. The van der Waals surface area contributed by atoms with E-state index in [2.05, 4.69) is 5.32 Å². The van der Waals surface area contributed by atoms with Crippen molar-refractivity contribution in [2.24, 2.45) is 23.7 Å². The number of carbonyl (C=O) groups is 2. The molecule has 0 radical (unpaired) electrons.